The predicted molar refractivity (Wildman–Crippen MR) is 67.3 cm³/mol. The number of halogens is 2. The maximum absolute atomic E-state index is 13.0. The van der Waals surface area contributed by atoms with Crippen molar-refractivity contribution < 1.29 is 13.5 Å². The van der Waals surface area contributed by atoms with E-state index in [9.17, 15) is 8.78 Å². The van der Waals surface area contributed by atoms with Gasteiger partial charge in [0.2, 0.25) is 0 Å². The smallest absolute Gasteiger partial charge is 0.264 e. The summed E-state index contributed by atoms with van der Waals surface area (Å²) in [4.78, 5) is 0. The summed E-state index contributed by atoms with van der Waals surface area (Å²) in [6, 6.07) is 5.11. The topological polar surface area (TPSA) is 21.3 Å². The maximum atomic E-state index is 13.0. The fourth-order valence-electron chi connectivity index (χ4n) is 2.46. The van der Waals surface area contributed by atoms with Crippen molar-refractivity contribution in [1.82, 2.24) is 5.32 Å². The summed E-state index contributed by atoms with van der Waals surface area (Å²) in [5, 5.41) is 3.39. The van der Waals surface area contributed by atoms with Gasteiger partial charge in [0.05, 0.1) is 7.11 Å². The van der Waals surface area contributed by atoms with E-state index in [2.05, 4.69) is 5.32 Å². The van der Waals surface area contributed by atoms with Gasteiger partial charge in [-0.2, -0.15) is 0 Å². The van der Waals surface area contributed by atoms with E-state index in [0.717, 1.165) is 13.0 Å². The summed E-state index contributed by atoms with van der Waals surface area (Å²) >= 11 is 0. The van der Waals surface area contributed by atoms with Crippen LogP contribution in [0.2, 0.25) is 0 Å². The van der Waals surface area contributed by atoms with Gasteiger partial charge >= 0.3 is 0 Å². The van der Waals surface area contributed by atoms with Crippen LogP contribution in [0.3, 0.4) is 0 Å². The van der Waals surface area contributed by atoms with Crippen molar-refractivity contribution in [2.24, 2.45) is 0 Å². The second-order valence-electron chi connectivity index (χ2n) is 4.72. The Kier molecular flexibility index (Phi) is 4.53. The Morgan fingerprint density at radius 2 is 2.22 bits per heavy atom. The molecule has 1 fully saturated rings. The number of ether oxygens (including phenoxy) is 1. The molecule has 0 radical (unpaired) electrons. The molecule has 1 aromatic rings. The normalized spacial score (nSPS) is 20.1. The highest BCUT2D eigenvalue weighted by atomic mass is 19.3. The summed E-state index contributed by atoms with van der Waals surface area (Å²) in [5.41, 5.74) is 0.826. The van der Waals surface area contributed by atoms with E-state index in [4.69, 9.17) is 4.74 Å². The summed E-state index contributed by atoms with van der Waals surface area (Å²) in [6.07, 6.45) is 1.63. The Balaban J connectivity index is 2.17. The van der Waals surface area contributed by atoms with Crippen LogP contribution in [0.15, 0.2) is 18.2 Å². The first-order valence-corrected chi connectivity index (χ1v) is 6.39. The third-order valence-electron chi connectivity index (χ3n) is 3.46. The average molecular weight is 255 g/mol. The number of rotatable bonds is 4. The summed E-state index contributed by atoms with van der Waals surface area (Å²) in [6.45, 7) is 0.985. The van der Waals surface area contributed by atoms with Crippen LogP contribution in [0.1, 0.15) is 36.8 Å². The molecule has 1 N–H and O–H groups in total. The Hall–Kier alpha value is -1.16. The van der Waals surface area contributed by atoms with Gasteiger partial charge in [-0.3, -0.25) is 0 Å². The molecule has 1 atom stereocenters. The van der Waals surface area contributed by atoms with Gasteiger partial charge in [0.1, 0.15) is 5.75 Å². The molecule has 1 unspecified atom stereocenters. The van der Waals surface area contributed by atoms with Crippen molar-refractivity contribution >= 4 is 0 Å². The lowest BCUT2D eigenvalue weighted by Gasteiger charge is -2.24. The van der Waals surface area contributed by atoms with Gasteiger partial charge in [0.15, 0.2) is 0 Å². The van der Waals surface area contributed by atoms with Gasteiger partial charge in [-0.05, 0) is 49.6 Å². The van der Waals surface area contributed by atoms with Crippen LogP contribution in [0, 0.1) is 0 Å². The molecule has 4 heteroatoms. The summed E-state index contributed by atoms with van der Waals surface area (Å²) in [7, 11) is 1.56. The van der Waals surface area contributed by atoms with Crippen LogP contribution in [0.25, 0.3) is 0 Å². The van der Waals surface area contributed by atoms with E-state index in [1.54, 1.807) is 19.2 Å². The van der Waals surface area contributed by atoms with Crippen LogP contribution in [-0.2, 0) is 6.42 Å². The van der Waals surface area contributed by atoms with Crippen molar-refractivity contribution in [2.45, 2.75) is 38.2 Å². The summed E-state index contributed by atoms with van der Waals surface area (Å²) in [5.74, 6) is 0.644. The fraction of sp³-hybridized carbons (Fsp3) is 0.571. The minimum absolute atomic E-state index is 0.128. The fourth-order valence-corrected chi connectivity index (χ4v) is 2.46. The molecule has 1 saturated heterocycles. The molecule has 1 aromatic carbocycles. The van der Waals surface area contributed by atoms with Crippen LogP contribution >= 0.6 is 0 Å². The SMILES string of the molecule is COc1ccc(C(F)F)c(CC2CCCCN2)c1. The molecule has 0 saturated carbocycles. The lowest BCUT2D eigenvalue weighted by molar-refractivity contribution is 0.150. The van der Waals surface area contributed by atoms with Crippen LogP contribution in [0.4, 0.5) is 8.78 Å². The Morgan fingerprint density at radius 1 is 1.39 bits per heavy atom. The molecule has 2 rings (SSSR count). The van der Waals surface area contributed by atoms with Crippen LogP contribution in [0.5, 0.6) is 5.75 Å². The van der Waals surface area contributed by atoms with Crippen molar-refractivity contribution in [3.8, 4) is 5.75 Å². The zero-order valence-corrected chi connectivity index (χ0v) is 10.6. The van der Waals surface area contributed by atoms with E-state index in [-0.39, 0.29) is 5.56 Å². The van der Waals surface area contributed by atoms with Crippen molar-refractivity contribution in [1.29, 1.82) is 0 Å². The molecule has 0 aliphatic carbocycles. The van der Waals surface area contributed by atoms with Gasteiger partial charge in [-0.25, -0.2) is 8.78 Å². The molecular formula is C14H19F2NO. The quantitative estimate of drug-likeness (QED) is 0.891. The van der Waals surface area contributed by atoms with E-state index in [1.807, 2.05) is 0 Å². The molecule has 1 heterocycles. The van der Waals surface area contributed by atoms with Crippen molar-refractivity contribution in [3.05, 3.63) is 29.3 Å². The van der Waals surface area contributed by atoms with Gasteiger partial charge in [-0.1, -0.05) is 6.42 Å². The maximum Gasteiger partial charge on any atom is 0.264 e. The molecule has 18 heavy (non-hydrogen) atoms. The molecule has 100 valence electrons. The number of alkyl halides is 2. The second kappa shape index (κ2) is 6.14. The lowest BCUT2D eigenvalue weighted by atomic mass is 9.95. The number of benzene rings is 1. The zero-order valence-electron chi connectivity index (χ0n) is 10.6. The largest absolute Gasteiger partial charge is 0.497 e. The Bertz CT molecular complexity index is 389. The molecule has 0 spiro atoms. The molecule has 0 amide bonds. The third kappa shape index (κ3) is 3.19. The van der Waals surface area contributed by atoms with Gasteiger partial charge < -0.3 is 10.1 Å². The minimum atomic E-state index is -2.42. The molecule has 1 aliphatic rings. The van der Waals surface area contributed by atoms with Crippen molar-refractivity contribution in [2.75, 3.05) is 13.7 Å². The summed E-state index contributed by atoms with van der Waals surface area (Å²) < 4.78 is 31.0. The predicted octanol–water partition coefficient (Wildman–Crippen LogP) is 3.32. The third-order valence-corrected chi connectivity index (χ3v) is 3.46. The van der Waals surface area contributed by atoms with E-state index in [1.165, 1.54) is 18.9 Å². The van der Waals surface area contributed by atoms with E-state index in [0.29, 0.717) is 23.8 Å². The zero-order chi connectivity index (χ0) is 13.0. The first-order valence-electron chi connectivity index (χ1n) is 6.39. The first-order chi connectivity index (χ1) is 8.70. The Labute approximate surface area is 106 Å². The van der Waals surface area contributed by atoms with Crippen LogP contribution < -0.4 is 10.1 Å². The molecular weight excluding hydrogens is 236 g/mol. The van der Waals surface area contributed by atoms with Gasteiger partial charge in [0.25, 0.3) is 6.43 Å². The highest BCUT2D eigenvalue weighted by Gasteiger charge is 2.19. The number of piperidine rings is 1. The molecule has 0 bridgehead atoms. The average Bonchev–Trinajstić information content (AvgIpc) is 2.39. The minimum Gasteiger partial charge on any atom is -0.497 e. The second-order valence-corrected chi connectivity index (χ2v) is 4.72. The van der Waals surface area contributed by atoms with E-state index >= 15 is 0 Å². The molecule has 0 aromatic heterocycles. The number of hydrogen-bond acceptors (Lipinski definition) is 2. The number of hydrogen-bond donors (Lipinski definition) is 1. The molecule has 1 aliphatic heterocycles. The highest BCUT2D eigenvalue weighted by Crippen LogP contribution is 2.28. The van der Waals surface area contributed by atoms with Crippen molar-refractivity contribution in [3.63, 3.8) is 0 Å². The number of nitrogens with one attached hydrogen (secondary N) is 1. The molecule has 2 nitrogen and oxygen atoms in total. The van der Waals surface area contributed by atoms with Crippen LogP contribution in [-0.4, -0.2) is 19.7 Å². The lowest BCUT2D eigenvalue weighted by Crippen LogP contribution is -2.35. The van der Waals surface area contributed by atoms with E-state index < -0.39 is 6.43 Å². The Morgan fingerprint density at radius 3 is 2.83 bits per heavy atom. The van der Waals surface area contributed by atoms with Gasteiger partial charge in [-0.15, -0.1) is 0 Å². The first kappa shape index (κ1) is 13.3. The monoisotopic (exact) mass is 255 g/mol. The highest BCUT2D eigenvalue weighted by molar-refractivity contribution is 5.37. The standard InChI is InChI=1S/C14H19F2NO/c1-18-12-5-6-13(14(15)16)10(9-12)8-11-4-2-3-7-17-11/h5-6,9,11,14,17H,2-4,7-8H2,1H3. The number of methoxy groups -OCH3 is 1. The van der Waals surface area contributed by atoms with Gasteiger partial charge in [0, 0.05) is 11.6 Å².